The van der Waals surface area contributed by atoms with Gasteiger partial charge in [0.25, 0.3) is 0 Å². The van der Waals surface area contributed by atoms with Crippen LogP contribution in [0.3, 0.4) is 0 Å². The van der Waals surface area contributed by atoms with Crippen LogP contribution in [0, 0.1) is 0 Å². The maximum Gasteiger partial charge on any atom is 0.152 e. The minimum absolute atomic E-state index is 0.661. The molecule has 1 aromatic heterocycles. The fourth-order valence-corrected chi connectivity index (χ4v) is 1.79. The number of hydrogen-bond donors (Lipinski definition) is 0. The van der Waals surface area contributed by atoms with Crippen molar-refractivity contribution < 1.29 is 4.79 Å². The van der Waals surface area contributed by atoms with E-state index in [2.05, 4.69) is 4.98 Å². The van der Waals surface area contributed by atoms with Crippen molar-refractivity contribution in [2.75, 3.05) is 14.1 Å². The van der Waals surface area contributed by atoms with Crippen molar-refractivity contribution in [3.8, 4) is 0 Å². The second-order valence-corrected chi connectivity index (χ2v) is 4.04. The van der Waals surface area contributed by atoms with Gasteiger partial charge in [-0.05, 0) is 17.7 Å². The first-order chi connectivity index (χ1) is 8.22. The van der Waals surface area contributed by atoms with Gasteiger partial charge in [-0.15, -0.1) is 0 Å². The molecule has 3 heteroatoms. The van der Waals surface area contributed by atoms with Crippen LogP contribution in [-0.4, -0.2) is 30.3 Å². The highest BCUT2D eigenvalue weighted by atomic mass is 16.1. The molecule has 17 heavy (non-hydrogen) atoms. The van der Waals surface area contributed by atoms with E-state index in [1.165, 1.54) is 0 Å². The van der Waals surface area contributed by atoms with E-state index in [-0.39, 0.29) is 0 Å². The molecule has 1 aromatic carbocycles. The molecule has 2 aromatic rings. The van der Waals surface area contributed by atoms with Gasteiger partial charge in [-0.25, -0.2) is 0 Å². The Kier molecular flexibility index (Phi) is 3.19. The first kappa shape index (κ1) is 11.3. The molecule has 0 aliphatic carbocycles. The molecule has 2 rings (SSSR count). The largest absolute Gasteiger partial charge is 0.383 e. The molecule has 0 saturated carbocycles. The summed E-state index contributed by atoms with van der Waals surface area (Å²) < 4.78 is 0. The Bertz CT molecular complexity index is 568. The predicted octanol–water partition coefficient (Wildman–Crippen LogP) is 2.34. The molecule has 0 aliphatic rings. The fraction of sp³-hybridized carbons (Fsp3) is 0.143. The molecule has 0 atom stereocenters. The predicted molar refractivity (Wildman–Crippen MR) is 69.5 cm³/mol. The average Bonchev–Trinajstić information content (AvgIpc) is 2.35. The lowest BCUT2D eigenvalue weighted by Crippen LogP contribution is -2.03. The van der Waals surface area contributed by atoms with Crippen LogP contribution in [0.25, 0.3) is 16.5 Å². The molecule has 86 valence electrons. The summed E-state index contributed by atoms with van der Waals surface area (Å²) in [7, 11) is 3.79. The van der Waals surface area contributed by atoms with E-state index in [1.54, 1.807) is 6.20 Å². The number of hydrogen-bond acceptors (Lipinski definition) is 3. The summed E-state index contributed by atoms with van der Waals surface area (Å²) in [5.74, 6) is 0. The second-order valence-electron chi connectivity index (χ2n) is 4.04. The van der Waals surface area contributed by atoms with E-state index < -0.39 is 0 Å². The van der Waals surface area contributed by atoms with Gasteiger partial charge in [0, 0.05) is 37.5 Å². The number of fused-ring (bicyclic) bond motifs is 1. The maximum absolute atomic E-state index is 11.2. The van der Waals surface area contributed by atoms with Crippen LogP contribution in [0.4, 0.5) is 0 Å². The number of rotatable bonds is 3. The minimum Gasteiger partial charge on any atom is -0.383 e. The molecular formula is C14H14N2O. The Hall–Kier alpha value is -2.16. The van der Waals surface area contributed by atoms with E-state index >= 15 is 0 Å². The number of allylic oxidation sites excluding steroid dienone is 1. The first-order valence-corrected chi connectivity index (χ1v) is 5.40. The highest BCUT2D eigenvalue weighted by Crippen LogP contribution is 2.22. The standard InChI is InChI=1S/C14H14N2O/c1-16(2)9-11(10-17)12-7-8-15-14-6-4-3-5-13(12)14/h3-10H,1-2H3. The fourth-order valence-electron chi connectivity index (χ4n) is 1.79. The van der Waals surface area contributed by atoms with Gasteiger partial charge >= 0.3 is 0 Å². The quantitative estimate of drug-likeness (QED) is 0.595. The molecule has 0 fully saturated rings. The van der Waals surface area contributed by atoms with Gasteiger partial charge < -0.3 is 4.90 Å². The van der Waals surface area contributed by atoms with Crippen LogP contribution in [0.5, 0.6) is 0 Å². The average molecular weight is 226 g/mol. The summed E-state index contributed by atoms with van der Waals surface area (Å²) in [4.78, 5) is 17.3. The topological polar surface area (TPSA) is 33.2 Å². The number of para-hydroxylation sites is 1. The van der Waals surface area contributed by atoms with Gasteiger partial charge in [-0.1, -0.05) is 18.2 Å². The van der Waals surface area contributed by atoms with Crippen molar-refractivity contribution in [2.24, 2.45) is 0 Å². The van der Waals surface area contributed by atoms with Crippen LogP contribution in [0.2, 0.25) is 0 Å². The van der Waals surface area contributed by atoms with Crippen molar-refractivity contribution in [3.63, 3.8) is 0 Å². The van der Waals surface area contributed by atoms with Crippen LogP contribution < -0.4 is 0 Å². The summed E-state index contributed by atoms with van der Waals surface area (Å²) in [6.07, 6.45) is 4.42. The Balaban J connectivity index is 2.65. The molecule has 0 bridgehead atoms. The number of pyridine rings is 1. The Morgan fingerprint density at radius 3 is 2.71 bits per heavy atom. The minimum atomic E-state index is 0.661. The lowest BCUT2D eigenvalue weighted by Gasteiger charge is -2.09. The van der Waals surface area contributed by atoms with E-state index in [0.717, 1.165) is 22.8 Å². The number of benzene rings is 1. The normalized spacial score (nSPS) is 11.5. The van der Waals surface area contributed by atoms with E-state index in [4.69, 9.17) is 0 Å². The van der Waals surface area contributed by atoms with Gasteiger partial charge in [-0.2, -0.15) is 0 Å². The highest BCUT2D eigenvalue weighted by Gasteiger charge is 2.06. The van der Waals surface area contributed by atoms with Gasteiger partial charge in [0.05, 0.1) is 5.52 Å². The van der Waals surface area contributed by atoms with Gasteiger partial charge in [-0.3, -0.25) is 9.78 Å². The van der Waals surface area contributed by atoms with Gasteiger partial charge in [0.1, 0.15) is 0 Å². The van der Waals surface area contributed by atoms with Crippen molar-refractivity contribution in [2.45, 2.75) is 0 Å². The van der Waals surface area contributed by atoms with E-state index in [9.17, 15) is 4.79 Å². The second kappa shape index (κ2) is 4.78. The lowest BCUT2D eigenvalue weighted by atomic mass is 10.0. The third kappa shape index (κ3) is 2.33. The molecule has 0 aliphatic heterocycles. The number of carbonyl (C=O) groups excluding carboxylic acids is 1. The Morgan fingerprint density at radius 1 is 1.24 bits per heavy atom. The summed E-state index contributed by atoms with van der Waals surface area (Å²) >= 11 is 0. The number of aromatic nitrogens is 1. The zero-order chi connectivity index (χ0) is 12.3. The zero-order valence-electron chi connectivity index (χ0n) is 9.92. The third-order valence-electron chi connectivity index (χ3n) is 2.48. The van der Waals surface area contributed by atoms with Gasteiger partial charge in [0.2, 0.25) is 0 Å². The van der Waals surface area contributed by atoms with Crippen molar-refractivity contribution >= 4 is 22.8 Å². The summed E-state index contributed by atoms with van der Waals surface area (Å²) in [6.45, 7) is 0. The molecule has 0 radical (unpaired) electrons. The molecule has 0 amide bonds. The Labute approximate surface area is 100 Å². The smallest absolute Gasteiger partial charge is 0.152 e. The monoisotopic (exact) mass is 226 g/mol. The SMILES string of the molecule is CN(C)C=C(C=O)c1ccnc2ccccc12. The van der Waals surface area contributed by atoms with Crippen LogP contribution in [-0.2, 0) is 4.79 Å². The number of carbonyl (C=O) groups is 1. The highest BCUT2D eigenvalue weighted by molar-refractivity contribution is 6.12. The van der Waals surface area contributed by atoms with Crippen molar-refractivity contribution in [1.82, 2.24) is 9.88 Å². The van der Waals surface area contributed by atoms with Crippen LogP contribution in [0.1, 0.15) is 5.56 Å². The van der Waals surface area contributed by atoms with Crippen molar-refractivity contribution in [1.29, 1.82) is 0 Å². The summed E-state index contributed by atoms with van der Waals surface area (Å²) in [5, 5.41) is 0.996. The molecular weight excluding hydrogens is 212 g/mol. The van der Waals surface area contributed by atoms with Crippen molar-refractivity contribution in [3.05, 3.63) is 48.3 Å². The van der Waals surface area contributed by atoms with Crippen LogP contribution in [0.15, 0.2) is 42.7 Å². The summed E-state index contributed by atoms with van der Waals surface area (Å²) in [5.41, 5.74) is 2.48. The number of nitrogens with zero attached hydrogens (tertiary/aromatic N) is 2. The molecule has 0 N–H and O–H groups in total. The number of aldehydes is 1. The first-order valence-electron chi connectivity index (χ1n) is 5.40. The molecule has 1 heterocycles. The van der Waals surface area contributed by atoms with E-state index in [1.807, 2.05) is 55.5 Å². The zero-order valence-corrected chi connectivity index (χ0v) is 9.92. The third-order valence-corrected chi connectivity index (χ3v) is 2.48. The van der Waals surface area contributed by atoms with E-state index in [0.29, 0.717) is 5.57 Å². The Morgan fingerprint density at radius 2 is 2.00 bits per heavy atom. The molecule has 0 unspecified atom stereocenters. The molecule has 3 nitrogen and oxygen atoms in total. The molecule has 0 saturated heterocycles. The lowest BCUT2D eigenvalue weighted by molar-refractivity contribution is -0.103. The maximum atomic E-state index is 11.2. The summed E-state index contributed by atoms with van der Waals surface area (Å²) in [6, 6.07) is 9.68. The van der Waals surface area contributed by atoms with Crippen LogP contribution >= 0.6 is 0 Å². The van der Waals surface area contributed by atoms with Gasteiger partial charge in [0.15, 0.2) is 6.29 Å². The molecule has 0 spiro atoms.